The summed E-state index contributed by atoms with van der Waals surface area (Å²) >= 11 is 5.81. The van der Waals surface area contributed by atoms with Crippen molar-refractivity contribution in [3.63, 3.8) is 0 Å². The maximum atomic E-state index is 3.96. The minimum absolute atomic E-state index is 0.0178. The first-order valence-corrected chi connectivity index (χ1v) is 20.4. The molecule has 0 spiro atoms. The monoisotopic (exact) mass is 725 g/mol. The van der Waals surface area contributed by atoms with E-state index in [1.165, 1.54) is 78.6 Å². The van der Waals surface area contributed by atoms with Gasteiger partial charge in [0.2, 0.25) is 0 Å². The van der Waals surface area contributed by atoms with Gasteiger partial charge in [0, 0.05) is 67.0 Å². The number of hydrogen-bond donors (Lipinski definition) is 3. The number of nitrogens with one attached hydrogen (secondary N) is 3. The van der Waals surface area contributed by atoms with Gasteiger partial charge in [-0.15, -0.1) is 34.4 Å². The first kappa shape index (κ1) is 31.0. The molecule has 5 atom stereocenters. The summed E-state index contributed by atoms with van der Waals surface area (Å²) in [5.74, 6) is 0.414. The minimum Gasteiger partial charge on any atom is -0.279 e. The molecule has 0 saturated carbocycles. The second-order valence-electron chi connectivity index (χ2n) is 14.3. The van der Waals surface area contributed by atoms with Crippen molar-refractivity contribution in [2.24, 2.45) is 0 Å². The molecule has 8 aromatic rings. The average molecular weight is 726 g/mol. The molecular formula is C46H35N3S3. The summed E-state index contributed by atoms with van der Waals surface area (Å²) in [6.45, 7) is 2.36. The highest BCUT2D eigenvalue weighted by Gasteiger charge is 2.41. The maximum Gasteiger partial charge on any atom is 0.0865 e. The molecule has 1 aliphatic carbocycles. The Labute approximate surface area is 315 Å². The number of rotatable bonds is 4. The van der Waals surface area contributed by atoms with Gasteiger partial charge >= 0.3 is 0 Å². The second kappa shape index (κ2) is 12.0. The molecule has 0 radical (unpaired) electrons. The van der Waals surface area contributed by atoms with Gasteiger partial charge in [-0.1, -0.05) is 133 Å². The van der Waals surface area contributed by atoms with Gasteiger partial charge in [0.15, 0.2) is 0 Å². The number of thiophene rings is 2. The number of benzene rings is 6. The topological polar surface area (TPSA) is 36.1 Å². The summed E-state index contributed by atoms with van der Waals surface area (Å²) in [7, 11) is 0. The maximum absolute atomic E-state index is 3.96. The molecule has 252 valence electrons. The third kappa shape index (κ3) is 4.90. The van der Waals surface area contributed by atoms with Gasteiger partial charge in [-0.3, -0.25) is 16.0 Å². The molecule has 1 saturated heterocycles. The molecule has 11 rings (SSSR count). The van der Waals surface area contributed by atoms with Crippen LogP contribution in [0.3, 0.4) is 0 Å². The summed E-state index contributed by atoms with van der Waals surface area (Å²) in [5, 5.41) is 17.1. The lowest BCUT2D eigenvalue weighted by Crippen LogP contribution is -2.54. The van der Waals surface area contributed by atoms with Crippen molar-refractivity contribution in [2.45, 2.75) is 41.0 Å². The molecular weight excluding hydrogens is 691 g/mol. The van der Waals surface area contributed by atoms with Crippen molar-refractivity contribution in [1.82, 2.24) is 16.0 Å². The summed E-state index contributed by atoms with van der Waals surface area (Å²) in [5.41, 5.74) is 7.79. The normalized spacial score (nSPS) is 23.9. The quantitative estimate of drug-likeness (QED) is 0.169. The molecule has 4 heterocycles. The van der Waals surface area contributed by atoms with E-state index in [9.17, 15) is 0 Å². The fraction of sp³-hybridized carbons (Fsp3) is 0.130. The van der Waals surface area contributed by atoms with Gasteiger partial charge in [-0.25, -0.2) is 0 Å². The Morgan fingerprint density at radius 2 is 1.13 bits per heavy atom. The van der Waals surface area contributed by atoms with Crippen LogP contribution < -0.4 is 16.0 Å². The number of fused-ring (bicyclic) bond motifs is 9. The highest BCUT2D eigenvalue weighted by molar-refractivity contribution is 8.01. The van der Waals surface area contributed by atoms with Crippen LogP contribution in [0, 0.1) is 0 Å². The van der Waals surface area contributed by atoms with Crippen LogP contribution in [-0.4, -0.2) is 4.75 Å². The molecule has 3 nitrogen and oxygen atoms in total. The summed E-state index contributed by atoms with van der Waals surface area (Å²) < 4.78 is 5.43. The fourth-order valence-electron chi connectivity index (χ4n) is 8.57. The van der Waals surface area contributed by atoms with Crippen LogP contribution in [0.4, 0.5) is 0 Å². The van der Waals surface area contributed by atoms with Crippen molar-refractivity contribution in [3.8, 4) is 11.1 Å². The van der Waals surface area contributed by atoms with E-state index in [2.05, 4.69) is 175 Å². The lowest BCUT2D eigenvalue weighted by Gasteiger charge is -2.39. The third-order valence-electron chi connectivity index (χ3n) is 11.2. The van der Waals surface area contributed by atoms with Gasteiger partial charge in [0.1, 0.15) is 0 Å². The highest BCUT2D eigenvalue weighted by atomic mass is 32.2. The van der Waals surface area contributed by atoms with E-state index in [-0.39, 0.29) is 23.2 Å². The van der Waals surface area contributed by atoms with Crippen molar-refractivity contribution >= 4 is 74.8 Å². The Balaban J connectivity index is 0.982. The summed E-state index contributed by atoms with van der Waals surface area (Å²) in [4.78, 5) is 1.38. The van der Waals surface area contributed by atoms with Crippen LogP contribution >= 0.6 is 34.4 Å². The SMILES string of the molecule is CC12C=CC=CC1c1ccc(C3NC(c4ccccc4)NC(c4ccc5c(c4)sc4c(-c6cccc7c6sc6ccccc67)cccc45)N3)cc1S2. The average Bonchev–Trinajstić information content (AvgIpc) is 3.86. The van der Waals surface area contributed by atoms with Crippen LogP contribution in [0.25, 0.3) is 51.5 Å². The van der Waals surface area contributed by atoms with E-state index >= 15 is 0 Å². The van der Waals surface area contributed by atoms with Gasteiger partial charge < -0.3 is 0 Å². The Hall–Kier alpha value is -4.53. The van der Waals surface area contributed by atoms with Crippen LogP contribution in [0.1, 0.15) is 53.6 Å². The number of allylic oxidation sites excluding steroid dienone is 3. The predicted octanol–water partition coefficient (Wildman–Crippen LogP) is 12.3. The second-order valence-corrected chi connectivity index (χ2v) is 18.0. The molecule has 1 fully saturated rings. The summed E-state index contributed by atoms with van der Waals surface area (Å²) in [6.07, 6.45) is 9.01. The number of thioether (sulfide) groups is 1. The van der Waals surface area contributed by atoms with Crippen LogP contribution in [0.5, 0.6) is 0 Å². The Kier molecular flexibility index (Phi) is 7.16. The minimum atomic E-state index is -0.0512. The molecule has 5 unspecified atom stereocenters. The van der Waals surface area contributed by atoms with Gasteiger partial charge in [0.05, 0.1) is 18.5 Å². The molecule has 3 aliphatic rings. The lowest BCUT2D eigenvalue weighted by molar-refractivity contribution is 0.203. The first-order chi connectivity index (χ1) is 25.6. The van der Waals surface area contributed by atoms with Gasteiger partial charge in [-0.2, -0.15) is 0 Å². The van der Waals surface area contributed by atoms with E-state index < -0.39 is 0 Å². The molecule has 52 heavy (non-hydrogen) atoms. The van der Waals surface area contributed by atoms with Crippen LogP contribution in [0.15, 0.2) is 157 Å². The molecule has 2 aliphatic heterocycles. The zero-order valence-electron chi connectivity index (χ0n) is 28.5. The molecule has 3 N–H and O–H groups in total. The lowest BCUT2D eigenvalue weighted by atomic mass is 9.83. The van der Waals surface area contributed by atoms with Crippen LogP contribution in [0.2, 0.25) is 0 Å². The van der Waals surface area contributed by atoms with Crippen molar-refractivity contribution in [2.75, 3.05) is 0 Å². The van der Waals surface area contributed by atoms with E-state index in [4.69, 9.17) is 0 Å². The Morgan fingerprint density at radius 1 is 0.519 bits per heavy atom. The largest absolute Gasteiger partial charge is 0.279 e. The molecule has 0 amide bonds. The van der Waals surface area contributed by atoms with Gasteiger partial charge in [-0.05, 0) is 47.4 Å². The highest BCUT2D eigenvalue weighted by Crippen LogP contribution is 2.56. The van der Waals surface area contributed by atoms with E-state index in [0.717, 1.165) is 0 Å². The first-order valence-electron chi connectivity index (χ1n) is 18.0. The van der Waals surface area contributed by atoms with Crippen molar-refractivity contribution in [1.29, 1.82) is 0 Å². The third-order valence-corrected chi connectivity index (χ3v) is 15.0. The van der Waals surface area contributed by atoms with E-state index in [1.807, 2.05) is 34.4 Å². The zero-order chi connectivity index (χ0) is 34.4. The molecule has 0 bridgehead atoms. The Morgan fingerprint density at radius 3 is 1.90 bits per heavy atom. The summed E-state index contributed by atoms with van der Waals surface area (Å²) in [6, 6.07) is 47.3. The molecule has 6 heteroatoms. The zero-order valence-corrected chi connectivity index (χ0v) is 30.9. The molecule has 2 aromatic heterocycles. The predicted molar refractivity (Wildman–Crippen MR) is 223 cm³/mol. The number of hydrogen-bond acceptors (Lipinski definition) is 6. The molecule has 6 aromatic carbocycles. The Bertz CT molecular complexity index is 2760. The van der Waals surface area contributed by atoms with Crippen molar-refractivity contribution in [3.05, 3.63) is 174 Å². The van der Waals surface area contributed by atoms with Crippen molar-refractivity contribution < 1.29 is 0 Å². The van der Waals surface area contributed by atoms with Gasteiger partial charge in [0.25, 0.3) is 0 Å². The fourth-order valence-corrected chi connectivity index (χ4v) is 12.5. The van der Waals surface area contributed by atoms with Crippen LogP contribution in [-0.2, 0) is 0 Å². The smallest absolute Gasteiger partial charge is 0.0865 e. The van der Waals surface area contributed by atoms with E-state index in [0.29, 0.717) is 5.92 Å². The van der Waals surface area contributed by atoms with E-state index in [1.54, 1.807) is 0 Å². The standard InChI is InChI=1S/C46H35N3S3/c1-46-24-8-7-18-37(46)36-23-21-29(26-40(36)52-46)45-48-43(27-11-3-2-4-12-27)47-44(49-45)28-20-22-31-33-15-10-17-35(42(33)51-39(31)25-28)34-16-9-14-32-30-13-5-6-19-38(30)50-41(32)34/h2-26,37,43-45,47-49H,1H3.